The smallest absolute Gasteiger partial charge is 0.324 e. The van der Waals surface area contributed by atoms with E-state index in [-0.39, 0.29) is 12.0 Å². The number of anilines is 1. The number of hydrogen-bond acceptors (Lipinski definition) is 6. The van der Waals surface area contributed by atoms with Crippen molar-refractivity contribution in [3.63, 3.8) is 0 Å². The quantitative estimate of drug-likeness (QED) is 0.510. The lowest BCUT2D eigenvalue weighted by Crippen LogP contribution is -2.59. The van der Waals surface area contributed by atoms with Gasteiger partial charge in [-0.3, -0.25) is 14.4 Å². The second kappa shape index (κ2) is 7.14. The van der Waals surface area contributed by atoms with E-state index in [4.69, 9.17) is 5.73 Å². The topological polar surface area (TPSA) is 109 Å². The van der Waals surface area contributed by atoms with Crippen LogP contribution in [0.2, 0.25) is 0 Å². The first-order valence-electron chi connectivity index (χ1n) is 9.40. The number of hydrogen-bond donors (Lipinski definition) is 3. The monoisotopic (exact) mass is 398 g/mol. The number of carboxylic acid groups (broad SMARTS) is 1. The lowest BCUT2D eigenvalue weighted by atomic mass is 9.66. The first-order valence-corrected chi connectivity index (χ1v) is 10.3. The molecule has 4 rings (SSSR count). The summed E-state index contributed by atoms with van der Waals surface area (Å²) in [7, 11) is 0. The van der Waals surface area contributed by atoms with Crippen LogP contribution in [-0.4, -0.2) is 34.2 Å². The number of para-hydroxylation sites is 1. The Morgan fingerprint density at radius 3 is 2.68 bits per heavy atom. The molecule has 4 N–H and O–H groups in total. The van der Waals surface area contributed by atoms with Crippen molar-refractivity contribution in [2.75, 3.05) is 5.32 Å². The van der Waals surface area contributed by atoms with E-state index in [1.807, 2.05) is 24.3 Å². The first-order chi connectivity index (χ1) is 13.4. The molecular weight excluding hydrogens is 376 g/mol. The van der Waals surface area contributed by atoms with Crippen LogP contribution in [-0.2, 0) is 9.59 Å². The minimum atomic E-state index is -1.84. The van der Waals surface area contributed by atoms with Gasteiger partial charge in [0.15, 0.2) is 0 Å². The fraction of sp³-hybridized carbons (Fsp3) is 0.381. The predicted molar refractivity (Wildman–Crippen MR) is 107 cm³/mol. The van der Waals surface area contributed by atoms with Gasteiger partial charge in [-0.25, -0.2) is 0 Å². The Morgan fingerprint density at radius 1 is 1.18 bits per heavy atom. The van der Waals surface area contributed by atoms with Crippen molar-refractivity contribution in [3.05, 3.63) is 52.2 Å². The maximum absolute atomic E-state index is 12.7. The van der Waals surface area contributed by atoms with Crippen molar-refractivity contribution >= 4 is 34.6 Å². The number of ketones is 2. The lowest BCUT2D eigenvalue weighted by Gasteiger charge is -2.44. The van der Waals surface area contributed by atoms with Gasteiger partial charge in [-0.2, -0.15) is 0 Å². The Balaban J connectivity index is 1.73. The van der Waals surface area contributed by atoms with Crippen molar-refractivity contribution in [2.45, 2.75) is 43.2 Å². The molecule has 1 aliphatic carbocycles. The normalized spacial score (nSPS) is 25.1. The molecule has 2 aliphatic rings. The minimum Gasteiger partial charge on any atom is -0.480 e. The largest absolute Gasteiger partial charge is 0.480 e. The Morgan fingerprint density at radius 2 is 1.96 bits per heavy atom. The van der Waals surface area contributed by atoms with Crippen LogP contribution in [0, 0.1) is 5.92 Å². The number of fused-ring (bicyclic) bond motifs is 2. The number of carboxylic acids is 1. The number of nitrogens with one attached hydrogen (secondary N) is 1. The third kappa shape index (κ3) is 3.04. The van der Waals surface area contributed by atoms with E-state index in [0.717, 1.165) is 41.9 Å². The molecule has 0 saturated heterocycles. The zero-order valence-corrected chi connectivity index (χ0v) is 16.1. The minimum absolute atomic E-state index is 0.0145. The van der Waals surface area contributed by atoms with Gasteiger partial charge in [-0.05, 0) is 41.8 Å². The number of rotatable bonds is 6. The summed E-state index contributed by atoms with van der Waals surface area (Å²) >= 11 is 1.16. The van der Waals surface area contributed by atoms with E-state index in [0.29, 0.717) is 4.88 Å². The molecule has 0 radical (unpaired) electrons. The molecule has 1 aromatic heterocycles. The van der Waals surface area contributed by atoms with E-state index in [2.05, 4.69) is 5.32 Å². The molecule has 4 atom stereocenters. The molecular formula is C21H22N2O4S. The first kappa shape index (κ1) is 18.8. The van der Waals surface area contributed by atoms with Crippen molar-refractivity contribution in [2.24, 2.45) is 11.7 Å². The highest BCUT2D eigenvalue weighted by molar-refractivity contribution is 7.13. The highest BCUT2D eigenvalue weighted by Gasteiger charge is 2.53. The van der Waals surface area contributed by atoms with Gasteiger partial charge in [0, 0.05) is 24.1 Å². The van der Waals surface area contributed by atoms with Crippen LogP contribution < -0.4 is 11.1 Å². The summed E-state index contributed by atoms with van der Waals surface area (Å²) in [5.74, 6) is -3.18. The van der Waals surface area contributed by atoms with Gasteiger partial charge in [0.1, 0.15) is 5.54 Å². The zero-order valence-electron chi connectivity index (χ0n) is 15.3. The van der Waals surface area contributed by atoms with Crippen LogP contribution in [0.1, 0.15) is 46.8 Å². The molecule has 6 nitrogen and oxygen atoms in total. The Labute approximate surface area is 166 Å². The van der Waals surface area contributed by atoms with Crippen LogP contribution in [0.4, 0.5) is 5.69 Å². The van der Waals surface area contributed by atoms with Gasteiger partial charge < -0.3 is 16.2 Å². The predicted octanol–water partition coefficient (Wildman–Crippen LogP) is 3.05. The maximum Gasteiger partial charge on any atom is 0.324 e. The van der Waals surface area contributed by atoms with Crippen LogP contribution in [0.25, 0.3) is 0 Å². The van der Waals surface area contributed by atoms with Crippen LogP contribution in [0.5, 0.6) is 0 Å². The third-order valence-corrected chi connectivity index (χ3v) is 6.91. The molecule has 1 fully saturated rings. The summed E-state index contributed by atoms with van der Waals surface area (Å²) < 4.78 is 0. The molecule has 146 valence electrons. The van der Waals surface area contributed by atoms with Gasteiger partial charge in [0.25, 0.3) is 0 Å². The Hall–Kier alpha value is -2.51. The summed E-state index contributed by atoms with van der Waals surface area (Å²) in [6.45, 7) is 0. The van der Waals surface area contributed by atoms with Crippen molar-refractivity contribution in [1.29, 1.82) is 0 Å². The van der Waals surface area contributed by atoms with Crippen LogP contribution in [0.3, 0.4) is 0 Å². The average Bonchev–Trinajstić information content (AvgIpc) is 3.36. The van der Waals surface area contributed by atoms with Crippen molar-refractivity contribution in [3.8, 4) is 0 Å². The van der Waals surface area contributed by atoms with E-state index in [1.54, 1.807) is 17.5 Å². The average molecular weight is 398 g/mol. The summed E-state index contributed by atoms with van der Waals surface area (Å²) in [5.41, 5.74) is 6.32. The van der Waals surface area contributed by atoms with Gasteiger partial charge in [-0.1, -0.05) is 30.7 Å². The van der Waals surface area contributed by atoms with E-state index in [9.17, 15) is 19.5 Å². The highest BCUT2D eigenvalue weighted by atomic mass is 32.1. The highest BCUT2D eigenvalue weighted by Crippen LogP contribution is 2.50. The summed E-state index contributed by atoms with van der Waals surface area (Å²) in [5, 5.41) is 15.3. The second-order valence-electron chi connectivity index (χ2n) is 7.66. The molecule has 0 bridgehead atoms. The number of carbonyl (C=O) groups excluding carboxylic acids is 2. The van der Waals surface area contributed by atoms with Crippen molar-refractivity contribution < 1.29 is 19.5 Å². The van der Waals surface area contributed by atoms with Gasteiger partial charge >= 0.3 is 5.97 Å². The SMILES string of the molecule is NC(CC(=O)C(=O)c1cccs1)(C(=O)O)C1c2ccccc2NC2CCCC21. The number of nitrogens with two attached hydrogens (primary N) is 1. The molecule has 1 aliphatic heterocycles. The van der Waals surface area contributed by atoms with Gasteiger partial charge in [0.2, 0.25) is 11.6 Å². The van der Waals surface area contributed by atoms with E-state index < -0.39 is 35.4 Å². The van der Waals surface area contributed by atoms with Crippen LogP contribution >= 0.6 is 11.3 Å². The molecule has 2 aromatic rings. The van der Waals surface area contributed by atoms with Crippen LogP contribution in [0.15, 0.2) is 41.8 Å². The summed E-state index contributed by atoms with van der Waals surface area (Å²) in [6, 6.07) is 10.9. The molecule has 28 heavy (non-hydrogen) atoms. The molecule has 4 unspecified atom stereocenters. The molecule has 2 heterocycles. The lowest BCUT2D eigenvalue weighted by molar-refractivity contribution is -0.146. The number of thiophene rings is 1. The van der Waals surface area contributed by atoms with E-state index >= 15 is 0 Å². The number of carbonyl (C=O) groups is 3. The van der Waals surface area contributed by atoms with Gasteiger partial charge in [-0.15, -0.1) is 11.3 Å². The number of benzene rings is 1. The van der Waals surface area contributed by atoms with Crippen molar-refractivity contribution in [1.82, 2.24) is 0 Å². The third-order valence-electron chi connectivity index (χ3n) is 6.04. The maximum atomic E-state index is 12.7. The summed E-state index contributed by atoms with van der Waals surface area (Å²) in [4.78, 5) is 37.8. The molecule has 1 aromatic carbocycles. The fourth-order valence-corrected chi connectivity index (χ4v) is 5.45. The van der Waals surface area contributed by atoms with Gasteiger partial charge in [0.05, 0.1) is 4.88 Å². The number of Topliss-reactive ketones (excluding diaryl/α,β-unsaturated/α-hetero) is 2. The number of aliphatic carboxylic acids is 1. The standard InChI is InChI=1S/C21H22N2O4S/c22-21(20(26)27,11-16(24)19(25)17-9-4-10-28-17)18-12-5-1-2-7-14(12)23-15-8-3-6-13(15)18/h1-2,4-5,7,9-10,13,15,18,23H,3,6,8,11,22H2,(H,26,27). The molecule has 0 spiro atoms. The molecule has 1 saturated carbocycles. The van der Waals surface area contributed by atoms with E-state index in [1.165, 1.54) is 0 Å². The molecule has 7 heteroatoms. The second-order valence-corrected chi connectivity index (χ2v) is 8.61. The Bertz CT molecular complexity index is 926. The molecule has 0 amide bonds. The fourth-order valence-electron chi connectivity index (χ4n) is 4.77. The zero-order chi connectivity index (χ0) is 19.9. The Kier molecular flexibility index (Phi) is 4.81. The summed E-state index contributed by atoms with van der Waals surface area (Å²) in [6.07, 6.45) is 2.25.